The van der Waals surface area contributed by atoms with Gasteiger partial charge in [0.2, 0.25) is 10.0 Å². The SMILES string of the molecule is Nc1ccc(CS(=O)(=O)NC2CCCc3sccc32)cc1. The number of aryl methyl sites for hydroxylation is 1. The highest BCUT2D eigenvalue weighted by Crippen LogP contribution is 2.33. The van der Waals surface area contributed by atoms with Gasteiger partial charge in [-0.15, -0.1) is 11.3 Å². The van der Waals surface area contributed by atoms with Crippen LogP contribution in [-0.4, -0.2) is 8.42 Å². The Bertz CT molecular complexity index is 720. The molecule has 0 fully saturated rings. The Balaban J connectivity index is 1.74. The average Bonchev–Trinajstić information content (AvgIpc) is 2.90. The highest BCUT2D eigenvalue weighted by molar-refractivity contribution is 7.88. The van der Waals surface area contributed by atoms with Gasteiger partial charge in [0.05, 0.1) is 5.75 Å². The van der Waals surface area contributed by atoms with Crippen molar-refractivity contribution in [2.75, 3.05) is 5.73 Å². The first-order valence-electron chi connectivity index (χ1n) is 6.94. The quantitative estimate of drug-likeness (QED) is 0.850. The molecule has 6 heteroatoms. The van der Waals surface area contributed by atoms with Crippen LogP contribution < -0.4 is 10.5 Å². The van der Waals surface area contributed by atoms with Crippen molar-refractivity contribution in [1.29, 1.82) is 0 Å². The molecule has 0 aliphatic heterocycles. The van der Waals surface area contributed by atoms with E-state index in [0.29, 0.717) is 5.69 Å². The molecule has 0 saturated carbocycles. The number of nitrogens with one attached hydrogen (secondary N) is 1. The van der Waals surface area contributed by atoms with E-state index in [2.05, 4.69) is 4.72 Å². The normalized spacial score (nSPS) is 18.4. The van der Waals surface area contributed by atoms with Gasteiger partial charge < -0.3 is 5.73 Å². The third kappa shape index (κ3) is 3.45. The summed E-state index contributed by atoms with van der Waals surface area (Å²) < 4.78 is 27.5. The number of rotatable bonds is 4. The minimum Gasteiger partial charge on any atom is -0.399 e. The standard InChI is InChI=1S/C15H18N2O2S2/c16-12-6-4-11(5-7-12)10-21(18,19)17-14-2-1-3-15-13(14)8-9-20-15/h4-9,14,17H,1-3,10,16H2. The number of nitrogens with two attached hydrogens (primary N) is 1. The molecule has 0 amide bonds. The third-order valence-corrected chi connectivity index (χ3v) is 6.06. The first kappa shape index (κ1) is 14.6. The molecule has 0 saturated heterocycles. The van der Waals surface area contributed by atoms with Crippen LogP contribution in [0.15, 0.2) is 35.7 Å². The van der Waals surface area contributed by atoms with Gasteiger partial charge in [-0.3, -0.25) is 0 Å². The number of fused-ring (bicyclic) bond motifs is 1. The summed E-state index contributed by atoms with van der Waals surface area (Å²) in [6.07, 6.45) is 2.95. The number of sulfonamides is 1. The fourth-order valence-corrected chi connectivity index (χ4v) is 5.08. The molecule has 1 aliphatic carbocycles. The van der Waals surface area contributed by atoms with Gasteiger partial charge in [0, 0.05) is 16.6 Å². The molecule has 0 bridgehead atoms. The molecule has 1 aliphatic rings. The summed E-state index contributed by atoms with van der Waals surface area (Å²) in [7, 11) is -3.35. The Kier molecular flexibility index (Phi) is 4.01. The summed E-state index contributed by atoms with van der Waals surface area (Å²) in [6, 6.07) is 8.91. The van der Waals surface area contributed by atoms with E-state index in [0.717, 1.165) is 30.4 Å². The van der Waals surface area contributed by atoms with E-state index < -0.39 is 10.0 Å². The van der Waals surface area contributed by atoms with Crippen LogP contribution in [0.3, 0.4) is 0 Å². The van der Waals surface area contributed by atoms with Crippen molar-refractivity contribution in [2.45, 2.75) is 31.1 Å². The first-order valence-corrected chi connectivity index (χ1v) is 9.47. The maximum Gasteiger partial charge on any atom is 0.216 e. The minimum atomic E-state index is -3.35. The monoisotopic (exact) mass is 322 g/mol. The minimum absolute atomic E-state index is 0.0107. The Morgan fingerprint density at radius 2 is 2.00 bits per heavy atom. The molecule has 2 aromatic rings. The number of hydrogen-bond donors (Lipinski definition) is 2. The van der Waals surface area contributed by atoms with Gasteiger partial charge in [0.25, 0.3) is 0 Å². The Labute approximate surface area is 129 Å². The highest BCUT2D eigenvalue weighted by Gasteiger charge is 2.25. The molecule has 1 heterocycles. The molecule has 1 unspecified atom stereocenters. The van der Waals surface area contributed by atoms with Crippen LogP contribution in [0.1, 0.15) is 34.9 Å². The summed E-state index contributed by atoms with van der Waals surface area (Å²) >= 11 is 1.71. The zero-order chi connectivity index (χ0) is 14.9. The highest BCUT2D eigenvalue weighted by atomic mass is 32.2. The zero-order valence-corrected chi connectivity index (χ0v) is 13.2. The zero-order valence-electron chi connectivity index (χ0n) is 11.6. The van der Waals surface area contributed by atoms with Crippen LogP contribution in [0.2, 0.25) is 0 Å². The molecule has 3 N–H and O–H groups in total. The smallest absolute Gasteiger partial charge is 0.216 e. The van der Waals surface area contributed by atoms with Crippen molar-refractivity contribution < 1.29 is 8.42 Å². The lowest BCUT2D eigenvalue weighted by Gasteiger charge is -2.23. The maximum atomic E-state index is 12.3. The molecule has 1 aromatic carbocycles. The van der Waals surface area contributed by atoms with Gasteiger partial charge in [-0.05, 0) is 54.0 Å². The molecular formula is C15H18N2O2S2. The molecule has 21 heavy (non-hydrogen) atoms. The lowest BCUT2D eigenvalue weighted by molar-refractivity contribution is 0.511. The van der Waals surface area contributed by atoms with Gasteiger partial charge in [-0.25, -0.2) is 13.1 Å². The second kappa shape index (κ2) is 5.79. The van der Waals surface area contributed by atoms with Crippen LogP contribution >= 0.6 is 11.3 Å². The first-order chi connectivity index (χ1) is 10.0. The average molecular weight is 322 g/mol. The van der Waals surface area contributed by atoms with Gasteiger partial charge in [-0.2, -0.15) is 0 Å². The fraction of sp³-hybridized carbons (Fsp3) is 0.333. The summed E-state index contributed by atoms with van der Waals surface area (Å²) in [5, 5.41) is 2.04. The van der Waals surface area contributed by atoms with Crippen LogP contribution in [0.25, 0.3) is 0 Å². The lowest BCUT2D eigenvalue weighted by Crippen LogP contribution is -2.31. The molecular weight excluding hydrogens is 304 g/mol. The molecule has 0 radical (unpaired) electrons. The topological polar surface area (TPSA) is 72.2 Å². The fourth-order valence-electron chi connectivity index (χ4n) is 2.70. The van der Waals surface area contributed by atoms with Crippen LogP contribution in [0.5, 0.6) is 0 Å². The number of nitrogen functional groups attached to an aromatic ring is 1. The summed E-state index contributed by atoms with van der Waals surface area (Å²) in [5.41, 5.74) is 8.15. The predicted molar refractivity (Wildman–Crippen MR) is 86.6 cm³/mol. The van der Waals surface area contributed by atoms with E-state index in [1.807, 2.05) is 11.4 Å². The van der Waals surface area contributed by atoms with Crippen molar-refractivity contribution in [1.82, 2.24) is 4.72 Å². The third-order valence-electron chi connectivity index (χ3n) is 3.71. The number of hydrogen-bond acceptors (Lipinski definition) is 4. The molecule has 4 nitrogen and oxygen atoms in total. The van der Waals surface area contributed by atoms with E-state index in [9.17, 15) is 8.42 Å². The maximum absolute atomic E-state index is 12.3. The van der Waals surface area contributed by atoms with Gasteiger partial charge >= 0.3 is 0 Å². The summed E-state index contributed by atoms with van der Waals surface area (Å²) in [6.45, 7) is 0. The van der Waals surface area contributed by atoms with Crippen LogP contribution in [-0.2, 0) is 22.2 Å². The van der Waals surface area contributed by atoms with Crippen molar-refractivity contribution in [3.63, 3.8) is 0 Å². The van der Waals surface area contributed by atoms with Crippen LogP contribution in [0.4, 0.5) is 5.69 Å². The van der Waals surface area contributed by atoms with E-state index in [1.165, 1.54) is 4.88 Å². The Morgan fingerprint density at radius 1 is 1.24 bits per heavy atom. The van der Waals surface area contributed by atoms with Gasteiger partial charge in [-0.1, -0.05) is 12.1 Å². The Morgan fingerprint density at radius 3 is 2.76 bits per heavy atom. The van der Waals surface area contributed by atoms with Crippen molar-refractivity contribution >= 4 is 27.0 Å². The van der Waals surface area contributed by atoms with Crippen molar-refractivity contribution in [3.8, 4) is 0 Å². The second-order valence-electron chi connectivity index (χ2n) is 5.36. The van der Waals surface area contributed by atoms with E-state index >= 15 is 0 Å². The second-order valence-corrected chi connectivity index (χ2v) is 8.12. The Hall–Kier alpha value is -1.37. The number of anilines is 1. The number of thiophene rings is 1. The summed E-state index contributed by atoms with van der Waals surface area (Å²) in [5.74, 6) is -0.0107. The largest absolute Gasteiger partial charge is 0.399 e. The van der Waals surface area contributed by atoms with Crippen LogP contribution in [0, 0.1) is 0 Å². The van der Waals surface area contributed by atoms with E-state index in [-0.39, 0.29) is 11.8 Å². The summed E-state index contributed by atoms with van der Waals surface area (Å²) in [4.78, 5) is 1.31. The van der Waals surface area contributed by atoms with Gasteiger partial charge in [0.1, 0.15) is 0 Å². The van der Waals surface area contributed by atoms with E-state index in [1.54, 1.807) is 35.6 Å². The molecule has 112 valence electrons. The molecule has 3 rings (SSSR count). The molecule has 0 spiro atoms. The lowest BCUT2D eigenvalue weighted by atomic mass is 9.95. The van der Waals surface area contributed by atoms with Gasteiger partial charge in [0.15, 0.2) is 0 Å². The van der Waals surface area contributed by atoms with Crippen molar-refractivity contribution in [3.05, 3.63) is 51.7 Å². The number of benzene rings is 1. The molecule has 1 aromatic heterocycles. The van der Waals surface area contributed by atoms with E-state index in [4.69, 9.17) is 5.73 Å². The predicted octanol–water partition coefficient (Wildman–Crippen LogP) is 2.83. The van der Waals surface area contributed by atoms with Crippen molar-refractivity contribution in [2.24, 2.45) is 0 Å². The molecule has 1 atom stereocenters.